The van der Waals surface area contributed by atoms with E-state index in [1.165, 1.54) is 12.1 Å². The van der Waals surface area contributed by atoms with E-state index < -0.39 is 29.9 Å². The van der Waals surface area contributed by atoms with Crippen molar-refractivity contribution in [1.29, 1.82) is 0 Å². The molecule has 1 aliphatic rings. The Labute approximate surface area is 109 Å². The molecule has 1 aromatic carbocycles. The first-order valence-electron chi connectivity index (χ1n) is 6.18. The summed E-state index contributed by atoms with van der Waals surface area (Å²) in [6.45, 7) is 0.867. The van der Waals surface area contributed by atoms with Crippen LogP contribution < -0.4 is 0 Å². The van der Waals surface area contributed by atoms with E-state index >= 15 is 0 Å². The van der Waals surface area contributed by atoms with Gasteiger partial charge < -0.3 is 15.3 Å². The van der Waals surface area contributed by atoms with Gasteiger partial charge in [-0.25, -0.2) is 8.78 Å². The molecule has 1 saturated heterocycles. The Morgan fingerprint density at radius 3 is 2.32 bits per heavy atom. The summed E-state index contributed by atoms with van der Waals surface area (Å²) in [6, 6.07) is 3.41. The smallest absolute Gasteiger partial charge is 0.129 e. The Kier molecular flexibility index (Phi) is 4.46. The van der Waals surface area contributed by atoms with E-state index in [2.05, 4.69) is 0 Å². The lowest BCUT2D eigenvalue weighted by Crippen LogP contribution is -2.55. The Morgan fingerprint density at radius 2 is 1.74 bits per heavy atom. The third-order valence-corrected chi connectivity index (χ3v) is 3.39. The van der Waals surface area contributed by atoms with E-state index in [0.717, 1.165) is 6.07 Å². The fourth-order valence-corrected chi connectivity index (χ4v) is 2.26. The summed E-state index contributed by atoms with van der Waals surface area (Å²) >= 11 is 0. The lowest BCUT2D eigenvalue weighted by atomic mass is 10.0. The maximum Gasteiger partial charge on any atom is 0.129 e. The SMILES string of the molecule is O[C@H]1[C@H](O)CN(CCc2ccc(F)cc2F)C[C@@H]1O. The second-order valence-electron chi connectivity index (χ2n) is 4.87. The molecular formula is C13H17F2NO3. The molecule has 0 aliphatic carbocycles. The van der Waals surface area contributed by atoms with Crippen LogP contribution in [0.1, 0.15) is 5.56 Å². The Hall–Kier alpha value is -1.08. The van der Waals surface area contributed by atoms with E-state index in [0.29, 0.717) is 18.5 Å². The third-order valence-electron chi connectivity index (χ3n) is 3.39. The normalized spacial score (nSPS) is 28.6. The molecular weight excluding hydrogens is 256 g/mol. The number of hydrogen-bond acceptors (Lipinski definition) is 4. The molecule has 0 spiro atoms. The topological polar surface area (TPSA) is 63.9 Å². The quantitative estimate of drug-likeness (QED) is 0.720. The predicted molar refractivity (Wildman–Crippen MR) is 64.5 cm³/mol. The zero-order chi connectivity index (χ0) is 14.0. The monoisotopic (exact) mass is 273 g/mol. The van der Waals surface area contributed by atoms with Crippen molar-refractivity contribution in [2.75, 3.05) is 19.6 Å². The van der Waals surface area contributed by atoms with Crippen LogP contribution in [0.3, 0.4) is 0 Å². The van der Waals surface area contributed by atoms with E-state index in [4.69, 9.17) is 0 Å². The highest BCUT2D eigenvalue weighted by atomic mass is 19.1. The zero-order valence-corrected chi connectivity index (χ0v) is 10.3. The van der Waals surface area contributed by atoms with Crippen molar-refractivity contribution in [1.82, 2.24) is 4.90 Å². The second kappa shape index (κ2) is 5.92. The highest BCUT2D eigenvalue weighted by Gasteiger charge is 2.32. The molecule has 19 heavy (non-hydrogen) atoms. The van der Waals surface area contributed by atoms with Gasteiger partial charge in [-0.05, 0) is 18.1 Å². The van der Waals surface area contributed by atoms with Gasteiger partial charge in [0.1, 0.15) is 17.7 Å². The average Bonchev–Trinajstić information content (AvgIpc) is 2.34. The summed E-state index contributed by atoms with van der Waals surface area (Å²) in [7, 11) is 0. The molecule has 0 aromatic heterocycles. The number of nitrogens with zero attached hydrogens (tertiary/aromatic N) is 1. The zero-order valence-electron chi connectivity index (χ0n) is 10.3. The van der Waals surface area contributed by atoms with Crippen molar-refractivity contribution in [2.45, 2.75) is 24.7 Å². The number of rotatable bonds is 3. The molecule has 2 rings (SSSR count). The highest BCUT2D eigenvalue weighted by Crippen LogP contribution is 2.14. The van der Waals surface area contributed by atoms with Crippen LogP contribution in [-0.4, -0.2) is 58.2 Å². The molecule has 0 saturated carbocycles. The van der Waals surface area contributed by atoms with Crippen LogP contribution in [-0.2, 0) is 6.42 Å². The first-order valence-corrected chi connectivity index (χ1v) is 6.18. The van der Waals surface area contributed by atoms with Gasteiger partial charge in [0.25, 0.3) is 0 Å². The van der Waals surface area contributed by atoms with Gasteiger partial charge in [-0.2, -0.15) is 0 Å². The number of likely N-dealkylation sites (tertiary alicyclic amines) is 1. The molecule has 0 bridgehead atoms. The van der Waals surface area contributed by atoms with E-state index in [-0.39, 0.29) is 13.1 Å². The van der Waals surface area contributed by atoms with Crippen LogP contribution in [0.25, 0.3) is 0 Å². The Morgan fingerprint density at radius 1 is 1.11 bits per heavy atom. The van der Waals surface area contributed by atoms with Crippen molar-refractivity contribution >= 4 is 0 Å². The third kappa shape index (κ3) is 3.48. The van der Waals surface area contributed by atoms with Gasteiger partial charge in [0, 0.05) is 25.7 Å². The van der Waals surface area contributed by atoms with Gasteiger partial charge in [-0.3, -0.25) is 4.90 Å². The average molecular weight is 273 g/mol. The number of aliphatic hydroxyl groups is 3. The minimum absolute atomic E-state index is 0.223. The van der Waals surface area contributed by atoms with Crippen molar-refractivity contribution in [2.24, 2.45) is 0 Å². The standard InChI is InChI=1S/C13H17F2NO3/c14-9-2-1-8(10(15)5-9)3-4-16-6-11(17)13(19)12(18)7-16/h1-2,5,11-13,17-19H,3-4,6-7H2/t11-,12+,13+. The molecule has 3 N–H and O–H groups in total. The van der Waals surface area contributed by atoms with Crippen LogP contribution >= 0.6 is 0 Å². The number of benzene rings is 1. The summed E-state index contributed by atoms with van der Waals surface area (Å²) in [5.41, 5.74) is 0.386. The van der Waals surface area contributed by atoms with E-state index in [1.54, 1.807) is 4.90 Å². The van der Waals surface area contributed by atoms with Gasteiger partial charge in [0.2, 0.25) is 0 Å². The van der Waals surface area contributed by atoms with Gasteiger partial charge in [0.15, 0.2) is 0 Å². The Balaban J connectivity index is 1.92. The summed E-state index contributed by atoms with van der Waals surface area (Å²) in [5, 5.41) is 28.5. The van der Waals surface area contributed by atoms with Crippen LogP contribution in [0.5, 0.6) is 0 Å². The molecule has 0 amide bonds. The van der Waals surface area contributed by atoms with Crippen LogP contribution in [0.2, 0.25) is 0 Å². The molecule has 106 valence electrons. The largest absolute Gasteiger partial charge is 0.389 e. The molecule has 6 heteroatoms. The van der Waals surface area contributed by atoms with Crippen molar-refractivity contribution in [3.05, 3.63) is 35.4 Å². The van der Waals surface area contributed by atoms with Crippen molar-refractivity contribution in [3.8, 4) is 0 Å². The lowest BCUT2D eigenvalue weighted by Gasteiger charge is -2.36. The predicted octanol–water partition coefficient (Wildman–Crippen LogP) is -0.0944. The molecule has 1 fully saturated rings. The molecule has 1 aliphatic heterocycles. The summed E-state index contributed by atoms with van der Waals surface area (Å²) in [4.78, 5) is 1.74. The number of aliphatic hydroxyl groups excluding tert-OH is 3. The fourth-order valence-electron chi connectivity index (χ4n) is 2.26. The Bertz CT molecular complexity index is 432. The summed E-state index contributed by atoms with van der Waals surface area (Å²) in [6.07, 6.45) is -2.82. The number of piperidine rings is 1. The molecule has 4 nitrogen and oxygen atoms in total. The van der Waals surface area contributed by atoms with Crippen LogP contribution in [0.15, 0.2) is 18.2 Å². The molecule has 1 aromatic rings. The van der Waals surface area contributed by atoms with Gasteiger partial charge >= 0.3 is 0 Å². The summed E-state index contributed by atoms with van der Waals surface area (Å²) in [5.74, 6) is -1.22. The summed E-state index contributed by atoms with van der Waals surface area (Å²) < 4.78 is 26.2. The minimum Gasteiger partial charge on any atom is -0.389 e. The number of hydrogen-bond donors (Lipinski definition) is 3. The van der Waals surface area contributed by atoms with Gasteiger partial charge in [-0.1, -0.05) is 6.07 Å². The van der Waals surface area contributed by atoms with Gasteiger partial charge in [-0.15, -0.1) is 0 Å². The van der Waals surface area contributed by atoms with Crippen LogP contribution in [0.4, 0.5) is 8.78 Å². The fraction of sp³-hybridized carbons (Fsp3) is 0.538. The van der Waals surface area contributed by atoms with Gasteiger partial charge in [0.05, 0.1) is 12.2 Å². The minimum atomic E-state index is -1.14. The van der Waals surface area contributed by atoms with Crippen LogP contribution in [0, 0.1) is 11.6 Å². The second-order valence-corrected chi connectivity index (χ2v) is 4.87. The molecule has 3 atom stereocenters. The highest BCUT2D eigenvalue weighted by molar-refractivity contribution is 5.18. The first kappa shape index (κ1) is 14.3. The molecule has 0 radical (unpaired) electrons. The molecule has 1 heterocycles. The lowest BCUT2D eigenvalue weighted by molar-refractivity contribution is -0.109. The van der Waals surface area contributed by atoms with E-state index in [9.17, 15) is 24.1 Å². The first-order chi connectivity index (χ1) is 8.97. The number of β-amino-alcohol motifs (C(OH)–C–C–N with tert-alkyl or cyclic N) is 2. The van der Waals surface area contributed by atoms with Crippen molar-refractivity contribution in [3.63, 3.8) is 0 Å². The maximum atomic E-state index is 13.4. The maximum absolute atomic E-state index is 13.4. The molecule has 0 unspecified atom stereocenters. The number of halogens is 2. The van der Waals surface area contributed by atoms with Crippen molar-refractivity contribution < 1.29 is 24.1 Å². The van der Waals surface area contributed by atoms with E-state index in [1.807, 2.05) is 0 Å².